The number of thiophene rings is 2. The fraction of sp³-hybridized carbons (Fsp3) is 0.263. The number of aromatic nitrogens is 3. The summed E-state index contributed by atoms with van der Waals surface area (Å²) < 4.78 is 2.16. The van der Waals surface area contributed by atoms with Gasteiger partial charge >= 0.3 is 0 Å². The van der Waals surface area contributed by atoms with E-state index in [0.29, 0.717) is 0 Å². The van der Waals surface area contributed by atoms with Crippen molar-refractivity contribution < 1.29 is 0 Å². The van der Waals surface area contributed by atoms with Crippen LogP contribution in [0.2, 0.25) is 0 Å². The van der Waals surface area contributed by atoms with Gasteiger partial charge in [0, 0.05) is 60.9 Å². The number of rotatable bonds is 4. The zero-order valence-electron chi connectivity index (χ0n) is 14.3. The van der Waals surface area contributed by atoms with Gasteiger partial charge in [0.1, 0.15) is 0 Å². The van der Waals surface area contributed by atoms with Crippen molar-refractivity contribution in [3.05, 3.63) is 57.8 Å². The molecule has 0 radical (unpaired) electrons. The van der Waals surface area contributed by atoms with Crippen LogP contribution in [0.25, 0.3) is 16.9 Å². The summed E-state index contributed by atoms with van der Waals surface area (Å²) in [6.07, 6.45) is 5.85. The van der Waals surface area contributed by atoms with Crippen LogP contribution in [0.3, 0.4) is 0 Å². The molecule has 0 aromatic carbocycles. The summed E-state index contributed by atoms with van der Waals surface area (Å²) in [5.74, 6) is 0.991. The lowest BCUT2D eigenvalue weighted by molar-refractivity contribution is 0.251. The van der Waals surface area contributed by atoms with Gasteiger partial charge < -0.3 is 4.90 Å². The Morgan fingerprint density at radius 1 is 1.04 bits per heavy atom. The topological polar surface area (TPSA) is 36.7 Å². The van der Waals surface area contributed by atoms with Gasteiger partial charge in [-0.2, -0.15) is 11.3 Å². The highest BCUT2D eigenvalue weighted by Gasteiger charge is 2.21. The number of piperazine rings is 1. The van der Waals surface area contributed by atoms with E-state index in [2.05, 4.69) is 58.5 Å². The lowest BCUT2D eigenvalue weighted by atomic mass is 10.2. The molecule has 7 heteroatoms. The Kier molecular flexibility index (Phi) is 4.20. The van der Waals surface area contributed by atoms with Crippen molar-refractivity contribution in [3.8, 4) is 11.3 Å². The van der Waals surface area contributed by atoms with Gasteiger partial charge in [0.2, 0.25) is 0 Å². The first-order valence-corrected chi connectivity index (χ1v) is 10.5. The lowest BCUT2D eigenvalue weighted by Crippen LogP contribution is -2.46. The minimum Gasteiger partial charge on any atom is -0.351 e. The SMILES string of the molecule is c1csc(CN2CCN(c3nccn4c(-c5ccsc5)cnc34)CC2)c1. The summed E-state index contributed by atoms with van der Waals surface area (Å²) in [5.41, 5.74) is 3.28. The van der Waals surface area contributed by atoms with Gasteiger partial charge in [0.25, 0.3) is 0 Å². The maximum absolute atomic E-state index is 4.68. The predicted octanol–water partition coefficient (Wildman–Crippen LogP) is 3.84. The third kappa shape index (κ3) is 2.92. The van der Waals surface area contributed by atoms with Crippen molar-refractivity contribution in [2.24, 2.45) is 0 Å². The average molecular weight is 382 g/mol. The molecule has 0 unspecified atom stereocenters. The summed E-state index contributed by atoms with van der Waals surface area (Å²) in [7, 11) is 0. The van der Waals surface area contributed by atoms with E-state index in [-0.39, 0.29) is 0 Å². The largest absolute Gasteiger partial charge is 0.351 e. The van der Waals surface area contributed by atoms with Crippen molar-refractivity contribution in [3.63, 3.8) is 0 Å². The highest BCUT2D eigenvalue weighted by molar-refractivity contribution is 7.09. The number of anilines is 1. The molecular formula is C19H19N5S2. The average Bonchev–Trinajstić information content (AvgIpc) is 3.43. The lowest BCUT2D eigenvalue weighted by Gasteiger charge is -2.35. The van der Waals surface area contributed by atoms with E-state index in [9.17, 15) is 0 Å². The van der Waals surface area contributed by atoms with Gasteiger partial charge in [-0.15, -0.1) is 11.3 Å². The molecule has 132 valence electrons. The van der Waals surface area contributed by atoms with E-state index < -0.39 is 0 Å². The maximum Gasteiger partial charge on any atom is 0.180 e. The Morgan fingerprint density at radius 3 is 2.73 bits per heavy atom. The van der Waals surface area contributed by atoms with E-state index >= 15 is 0 Å². The molecule has 5 nitrogen and oxygen atoms in total. The first-order valence-electron chi connectivity index (χ1n) is 8.73. The second-order valence-electron chi connectivity index (χ2n) is 6.44. The molecule has 0 N–H and O–H groups in total. The second-order valence-corrected chi connectivity index (χ2v) is 8.25. The Hall–Kier alpha value is -2.22. The van der Waals surface area contributed by atoms with Gasteiger partial charge in [-0.3, -0.25) is 9.30 Å². The summed E-state index contributed by atoms with van der Waals surface area (Å²) in [6, 6.07) is 6.48. The normalized spacial score (nSPS) is 15.8. The fourth-order valence-corrected chi connectivity index (χ4v) is 4.89. The molecular weight excluding hydrogens is 362 g/mol. The van der Waals surface area contributed by atoms with Gasteiger partial charge in [0.05, 0.1) is 11.9 Å². The molecule has 5 rings (SSSR count). The molecule has 0 bridgehead atoms. The fourth-order valence-electron chi connectivity index (χ4n) is 3.49. The molecule has 4 aromatic heterocycles. The van der Waals surface area contributed by atoms with Gasteiger partial charge in [-0.05, 0) is 22.9 Å². The molecule has 1 saturated heterocycles. The van der Waals surface area contributed by atoms with Crippen LogP contribution >= 0.6 is 22.7 Å². The molecule has 1 fully saturated rings. The van der Waals surface area contributed by atoms with E-state index in [1.807, 2.05) is 29.9 Å². The Bertz CT molecular complexity index is 982. The Morgan fingerprint density at radius 2 is 1.96 bits per heavy atom. The molecule has 1 aliphatic heterocycles. The first-order chi connectivity index (χ1) is 12.9. The van der Waals surface area contributed by atoms with Gasteiger partial charge in [-0.25, -0.2) is 9.97 Å². The first kappa shape index (κ1) is 16.0. The standard InChI is InChI=1S/C19H19N5S2/c1-2-16(26-10-1)13-22-6-8-23(9-7-22)18-19-21-12-17(15-3-11-25-14-15)24(19)5-4-20-18/h1-5,10-12,14H,6-9,13H2. The van der Waals surface area contributed by atoms with Crippen LogP contribution in [0.5, 0.6) is 0 Å². The van der Waals surface area contributed by atoms with E-state index in [4.69, 9.17) is 0 Å². The number of fused-ring (bicyclic) bond motifs is 1. The van der Waals surface area contributed by atoms with Crippen molar-refractivity contribution in [1.82, 2.24) is 19.3 Å². The number of hydrogen-bond donors (Lipinski definition) is 0. The van der Waals surface area contributed by atoms with Crippen molar-refractivity contribution in [1.29, 1.82) is 0 Å². The van der Waals surface area contributed by atoms with Gasteiger partial charge in [0.15, 0.2) is 11.5 Å². The van der Waals surface area contributed by atoms with Crippen LogP contribution in [-0.4, -0.2) is 45.4 Å². The monoisotopic (exact) mass is 381 g/mol. The van der Waals surface area contributed by atoms with Crippen molar-refractivity contribution >= 4 is 34.1 Å². The van der Waals surface area contributed by atoms with Crippen molar-refractivity contribution in [2.75, 3.05) is 31.1 Å². The molecule has 0 spiro atoms. The van der Waals surface area contributed by atoms with Crippen LogP contribution < -0.4 is 4.90 Å². The zero-order chi connectivity index (χ0) is 17.3. The molecule has 0 aliphatic carbocycles. The van der Waals surface area contributed by atoms with E-state index in [1.54, 1.807) is 11.3 Å². The summed E-state index contributed by atoms with van der Waals surface area (Å²) in [5, 5.41) is 6.41. The molecule has 26 heavy (non-hydrogen) atoms. The van der Waals surface area contributed by atoms with Gasteiger partial charge in [-0.1, -0.05) is 6.07 Å². The highest BCUT2D eigenvalue weighted by Crippen LogP contribution is 2.27. The molecule has 4 aromatic rings. The highest BCUT2D eigenvalue weighted by atomic mass is 32.1. The van der Waals surface area contributed by atoms with Crippen LogP contribution in [0.15, 0.2) is 52.9 Å². The third-order valence-corrected chi connectivity index (χ3v) is 6.40. The zero-order valence-corrected chi connectivity index (χ0v) is 15.9. The summed E-state index contributed by atoms with van der Waals surface area (Å²) in [4.78, 5) is 15.7. The second kappa shape index (κ2) is 6.83. The molecule has 0 amide bonds. The Balaban J connectivity index is 1.37. The predicted molar refractivity (Wildman–Crippen MR) is 108 cm³/mol. The van der Waals surface area contributed by atoms with Crippen LogP contribution in [0, 0.1) is 0 Å². The smallest absolute Gasteiger partial charge is 0.180 e. The Labute approximate surface area is 160 Å². The van der Waals surface area contributed by atoms with Crippen LogP contribution in [0.4, 0.5) is 5.82 Å². The van der Waals surface area contributed by atoms with Crippen LogP contribution in [0.1, 0.15) is 4.88 Å². The molecule has 0 saturated carbocycles. The molecule has 1 aliphatic rings. The number of nitrogens with zero attached hydrogens (tertiary/aromatic N) is 5. The van der Waals surface area contributed by atoms with Crippen LogP contribution in [-0.2, 0) is 6.54 Å². The summed E-state index contributed by atoms with van der Waals surface area (Å²) >= 11 is 3.55. The quantitative estimate of drug-likeness (QED) is 0.538. The van der Waals surface area contributed by atoms with E-state index in [1.165, 1.54) is 10.4 Å². The minimum absolute atomic E-state index is 0.945. The molecule has 0 atom stereocenters. The minimum atomic E-state index is 0.945. The third-order valence-electron chi connectivity index (χ3n) is 4.86. The van der Waals surface area contributed by atoms with E-state index in [0.717, 1.165) is 49.9 Å². The molecule has 5 heterocycles. The summed E-state index contributed by atoms with van der Waals surface area (Å²) in [6.45, 7) is 5.13. The van der Waals surface area contributed by atoms with Crippen molar-refractivity contribution in [2.45, 2.75) is 6.54 Å². The number of imidazole rings is 1. The number of hydrogen-bond acceptors (Lipinski definition) is 6. The maximum atomic E-state index is 4.68.